The Bertz CT molecular complexity index is 756. The van der Waals surface area contributed by atoms with Gasteiger partial charge in [-0.25, -0.2) is 17.7 Å². The molecule has 0 spiro atoms. The summed E-state index contributed by atoms with van der Waals surface area (Å²) >= 11 is 1.22. The number of nitrogens with zero attached hydrogens (tertiary/aromatic N) is 3. The molecule has 0 radical (unpaired) electrons. The molecule has 0 amide bonds. The third kappa shape index (κ3) is 3.54. The maximum atomic E-state index is 12.4. The van der Waals surface area contributed by atoms with Crippen LogP contribution in [-0.2, 0) is 10.0 Å². The van der Waals surface area contributed by atoms with Gasteiger partial charge in [0.25, 0.3) is 0 Å². The van der Waals surface area contributed by atoms with Crippen LogP contribution in [0.5, 0.6) is 5.75 Å². The minimum Gasteiger partial charge on any atom is -0.492 e. The Balaban J connectivity index is 2.43. The number of anilines is 2. The van der Waals surface area contributed by atoms with Crippen LogP contribution >= 0.6 is 11.5 Å². The molecule has 7 nitrogen and oxygen atoms in total. The molecule has 0 saturated heterocycles. The van der Waals surface area contributed by atoms with Gasteiger partial charge in [0.15, 0.2) is 0 Å². The van der Waals surface area contributed by atoms with E-state index in [9.17, 15) is 8.42 Å². The van der Waals surface area contributed by atoms with Gasteiger partial charge in [-0.05, 0) is 32.0 Å². The summed E-state index contributed by atoms with van der Waals surface area (Å²) in [4.78, 5) is 4.31. The normalized spacial score (nSPS) is 11.7. The standard InChI is InChI=1S/C13H18N4O3S2/c1-5-20-11-7-6-10(15-13-14-9(2)16-21-13)8-12(11)22(18,19)17(3)4/h6-8H,5H2,1-4H3,(H,14,15,16). The van der Waals surface area contributed by atoms with Crippen molar-refractivity contribution >= 4 is 32.4 Å². The predicted molar refractivity (Wildman–Crippen MR) is 86.4 cm³/mol. The van der Waals surface area contributed by atoms with E-state index in [0.29, 0.717) is 29.0 Å². The summed E-state index contributed by atoms with van der Waals surface area (Å²) in [5.74, 6) is 0.995. The van der Waals surface area contributed by atoms with Gasteiger partial charge in [-0.15, -0.1) is 0 Å². The summed E-state index contributed by atoms with van der Waals surface area (Å²) in [6.07, 6.45) is 0. The van der Waals surface area contributed by atoms with E-state index in [1.165, 1.54) is 31.7 Å². The predicted octanol–water partition coefficient (Wildman–Crippen LogP) is 2.24. The van der Waals surface area contributed by atoms with E-state index in [0.717, 1.165) is 4.31 Å². The van der Waals surface area contributed by atoms with Gasteiger partial charge in [-0.2, -0.15) is 4.37 Å². The zero-order valence-corrected chi connectivity index (χ0v) is 14.5. The molecule has 0 unspecified atom stereocenters. The maximum Gasteiger partial charge on any atom is 0.246 e. The second-order valence-electron chi connectivity index (χ2n) is 4.65. The van der Waals surface area contributed by atoms with E-state index in [1.54, 1.807) is 19.1 Å². The monoisotopic (exact) mass is 342 g/mol. The number of benzene rings is 1. The number of rotatable bonds is 6. The van der Waals surface area contributed by atoms with Crippen LogP contribution in [0.3, 0.4) is 0 Å². The van der Waals surface area contributed by atoms with Crippen LogP contribution in [0, 0.1) is 6.92 Å². The number of hydrogen-bond acceptors (Lipinski definition) is 7. The van der Waals surface area contributed by atoms with Crippen LogP contribution in [0.4, 0.5) is 10.8 Å². The van der Waals surface area contributed by atoms with Gasteiger partial charge in [0.05, 0.1) is 6.61 Å². The summed E-state index contributed by atoms with van der Waals surface area (Å²) in [6.45, 7) is 3.99. The topological polar surface area (TPSA) is 84.4 Å². The molecule has 9 heteroatoms. The van der Waals surface area contributed by atoms with E-state index in [1.807, 2.05) is 6.92 Å². The van der Waals surface area contributed by atoms with Crippen LogP contribution in [0.15, 0.2) is 23.1 Å². The lowest BCUT2D eigenvalue weighted by molar-refractivity contribution is 0.330. The van der Waals surface area contributed by atoms with Gasteiger partial charge < -0.3 is 10.1 Å². The number of sulfonamides is 1. The summed E-state index contributed by atoms with van der Waals surface area (Å²) in [5, 5.41) is 3.66. The molecule has 1 aromatic carbocycles. The van der Waals surface area contributed by atoms with Crippen LogP contribution in [0.2, 0.25) is 0 Å². The molecule has 2 aromatic rings. The lowest BCUT2D eigenvalue weighted by Crippen LogP contribution is -2.23. The highest BCUT2D eigenvalue weighted by molar-refractivity contribution is 7.89. The Labute approximate surface area is 134 Å². The van der Waals surface area contributed by atoms with E-state index in [4.69, 9.17) is 4.74 Å². The number of aromatic nitrogens is 2. The SMILES string of the molecule is CCOc1ccc(Nc2nc(C)ns2)cc1S(=O)(=O)N(C)C. The van der Waals surface area contributed by atoms with Crippen molar-refractivity contribution in [1.82, 2.24) is 13.7 Å². The first-order valence-corrected chi connectivity index (χ1v) is 8.82. The molecule has 2 rings (SSSR count). The van der Waals surface area contributed by atoms with Crippen molar-refractivity contribution in [3.8, 4) is 5.75 Å². The molecule has 1 heterocycles. The first-order valence-electron chi connectivity index (χ1n) is 6.61. The average Bonchev–Trinajstić information content (AvgIpc) is 2.85. The molecule has 0 saturated carbocycles. The minimum absolute atomic E-state index is 0.116. The maximum absolute atomic E-state index is 12.4. The molecule has 1 N–H and O–H groups in total. The number of nitrogens with one attached hydrogen (secondary N) is 1. The van der Waals surface area contributed by atoms with Crippen molar-refractivity contribution in [2.45, 2.75) is 18.7 Å². The van der Waals surface area contributed by atoms with Crippen molar-refractivity contribution in [1.29, 1.82) is 0 Å². The number of hydrogen-bond donors (Lipinski definition) is 1. The summed E-state index contributed by atoms with van der Waals surface area (Å²) < 4.78 is 35.5. The van der Waals surface area contributed by atoms with E-state index < -0.39 is 10.0 Å². The largest absolute Gasteiger partial charge is 0.492 e. The zero-order valence-electron chi connectivity index (χ0n) is 12.8. The molecule has 0 bridgehead atoms. The summed E-state index contributed by atoms with van der Waals surface area (Å²) in [7, 11) is -0.633. The zero-order chi connectivity index (χ0) is 16.3. The molecule has 0 aliphatic carbocycles. The molecule has 1 aromatic heterocycles. The second kappa shape index (κ2) is 6.59. The highest BCUT2D eigenvalue weighted by Crippen LogP contribution is 2.30. The van der Waals surface area contributed by atoms with Crippen LogP contribution < -0.4 is 10.1 Å². The fraction of sp³-hybridized carbons (Fsp3) is 0.385. The fourth-order valence-electron chi connectivity index (χ4n) is 1.73. The highest BCUT2D eigenvalue weighted by atomic mass is 32.2. The van der Waals surface area contributed by atoms with Crippen molar-refractivity contribution in [3.63, 3.8) is 0 Å². The van der Waals surface area contributed by atoms with Crippen LogP contribution in [0.25, 0.3) is 0 Å². The first-order chi connectivity index (χ1) is 10.3. The van der Waals surface area contributed by atoms with Crippen molar-refractivity contribution in [3.05, 3.63) is 24.0 Å². The molecule has 0 aliphatic heterocycles. The molecule has 22 heavy (non-hydrogen) atoms. The van der Waals surface area contributed by atoms with Gasteiger partial charge >= 0.3 is 0 Å². The van der Waals surface area contributed by atoms with Gasteiger partial charge in [0.2, 0.25) is 15.2 Å². The van der Waals surface area contributed by atoms with Gasteiger partial charge in [0, 0.05) is 31.3 Å². The lowest BCUT2D eigenvalue weighted by atomic mass is 10.3. The average molecular weight is 342 g/mol. The van der Waals surface area contributed by atoms with Gasteiger partial charge in [-0.1, -0.05) is 0 Å². The molecule has 0 atom stereocenters. The van der Waals surface area contributed by atoms with Gasteiger partial charge in [0.1, 0.15) is 16.5 Å². The Morgan fingerprint density at radius 1 is 1.36 bits per heavy atom. The lowest BCUT2D eigenvalue weighted by Gasteiger charge is -2.16. The Kier molecular flexibility index (Phi) is 4.99. The second-order valence-corrected chi connectivity index (χ2v) is 7.53. The number of ether oxygens (including phenoxy) is 1. The first kappa shape index (κ1) is 16.7. The van der Waals surface area contributed by atoms with Crippen molar-refractivity contribution in [2.75, 3.05) is 26.0 Å². The van der Waals surface area contributed by atoms with E-state index in [-0.39, 0.29) is 4.90 Å². The smallest absolute Gasteiger partial charge is 0.246 e. The van der Waals surface area contributed by atoms with Gasteiger partial charge in [-0.3, -0.25) is 0 Å². The minimum atomic E-state index is -3.60. The third-order valence-electron chi connectivity index (χ3n) is 2.78. The summed E-state index contributed by atoms with van der Waals surface area (Å²) in [6, 6.07) is 4.92. The molecule has 0 fully saturated rings. The number of aryl methyl sites for hydroxylation is 1. The van der Waals surface area contributed by atoms with E-state index in [2.05, 4.69) is 14.7 Å². The Morgan fingerprint density at radius 3 is 2.64 bits per heavy atom. The quantitative estimate of drug-likeness (QED) is 0.867. The fourth-order valence-corrected chi connectivity index (χ4v) is 3.38. The van der Waals surface area contributed by atoms with Crippen LogP contribution in [0.1, 0.15) is 12.7 Å². The molecule has 120 valence electrons. The third-order valence-corrected chi connectivity index (χ3v) is 5.34. The van der Waals surface area contributed by atoms with Crippen LogP contribution in [-0.4, -0.2) is 42.8 Å². The van der Waals surface area contributed by atoms with Crippen molar-refractivity contribution < 1.29 is 13.2 Å². The van der Waals surface area contributed by atoms with E-state index >= 15 is 0 Å². The summed E-state index contributed by atoms with van der Waals surface area (Å²) in [5.41, 5.74) is 0.611. The molecule has 0 aliphatic rings. The highest BCUT2D eigenvalue weighted by Gasteiger charge is 2.23. The molecular weight excluding hydrogens is 324 g/mol. The Morgan fingerprint density at radius 2 is 2.09 bits per heavy atom. The Hall–Kier alpha value is -1.71. The molecular formula is C13H18N4O3S2. The van der Waals surface area contributed by atoms with Crippen molar-refractivity contribution in [2.24, 2.45) is 0 Å².